The smallest absolute Gasteiger partial charge is 0.228 e. The molecular weight excluding hydrogens is 150 g/mol. The average molecular weight is 159 g/mol. The Morgan fingerprint density at radius 3 is 3.20 bits per heavy atom. The highest BCUT2D eigenvalue weighted by molar-refractivity contribution is 7.03. The molecular formula is C6H9NO2S. The number of rotatable bonds is 3. The van der Waals surface area contributed by atoms with Crippen LogP contribution in [-0.4, -0.2) is 23.2 Å². The van der Waals surface area contributed by atoms with E-state index in [1.807, 2.05) is 5.38 Å². The van der Waals surface area contributed by atoms with Gasteiger partial charge in [-0.25, -0.2) is 0 Å². The highest BCUT2D eigenvalue weighted by atomic mass is 32.1. The van der Waals surface area contributed by atoms with Crippen LogP contribution in [0.1, 0.15) is 5.56 Å². The van der Waals surface area contributed by atoms with Gasteiger partial charge in [-0.15, -0.1) is 0 Å². The zero-order valence-corrected chi connectivity index (χ0v) is 6.52. The Labute approximate surface area is 63.4 Å². The van der Waals surface area contributed by atoms with Crippen molar-refractivity contribution in [3.05, 3.63) is 10.9 Å². The maximum atomic E-state index is 8.58. The molecule has 0 atom stereocenters. The van der Waals surface area contributed by atoms with E-state index in [-0.39, 0.29) is 6.61 Å². The van der Waals surface area contributed by atoms with Gasteiger partial charge in [0.2, 0.25) is 5.88 Å². The SMILES string of the molecule is COc1nscc1CCO. The Bertz CT molecular complexity index is 199. The van der Waals surface area contributed by atoms with Gasteiger partial charge >= 0.3 is 0 Å². The lowest BCUT2D eigenvalue weighted by atomic mass is 10.3. The second kappa shape index (κ2) is 3.53. The van der Waals surface area contributed by atoms with Gasteiger partial charge in [0.05, 0.1) is 7.11 Å². The van der Waals surface area contributed by atoms with Crippen molar-refractivity contribution in [3.63, 3.8) is 0 Å². The molecule has 0 amide bonds. The largest absolute Gasteiger partial charge is 0.480 e. The molecule has 0 aliphatic rings. The topological polar surface area (TPSA) is 42.4 Å². The fraction of sp³-hybridized carbons (Fsp3) is 0.500. The van der Waals surface area contributed by atoms with Crippen molar-refractivity contribution in [1.29, 1.82) is 0 Å². The zero-order valence-electron chi connectivity index (χ0n) is 5.70. The molecule has 0 radical (unpaired) electrons. The molecule has 1 rings (SSSR count). The van der Waals surface area contributed by atoms with E-state index >= 15 is 0 Å². The second-order valence-corrected chi connectivity index (χ2v) is 2.45. The lowest BCUT2D eigenvalue weighted by molar-refractivity contribution is 0.296. The molecule has 0 aliphatic carbocycles. The van der Waals surface area contributed by atoms with Gasteiger partial charge in [0.15, 0.2) is 0 Å². The van der Waals surface area contributed by atoms with Crippen LogP contribution in [0.3, 0.4) is 0 Å². The van der Waals surface area contributed by atoms with Gasteiger partial charge in [-0.1, -0.05) is 0 Å². The Morgan fingerprint density at radius 1 is 1.80 bits per heavy atom. The van der Waals surface area contributed by atoms with E-state index in [0.29, 0.717) is 12.3 Å². The van der Waals surface area contributed by atoms with Crippen molar-refractivity contribution in [2.24, 2.45) is 0 Å². The summed E-state index contributed by atoms with van der Waals surface area (Å²) >= 11 is 1.34. The third kappa shape index (κ3) is 1.46. The van der Waals surface area contributed by atoms with E-state index in [1.165, 1.54) is 11.5 Å². The van der Waals surface area contributed by atoms with Gasteiger partial charge in [-0.05, 0) is 11.5 Å². The van der Waals surface area contributed by atoms with Crippen molar-refractivity contribution in [2.75, 3.05) is 13.7 Å². The Hall–Kier alpha value is -0.610. The van der Waals surface area contributed by atoms with Crippen LogP contribution in [0.4, 0.5) is 0 Å². The monoisotopic (exact) mass is 159 g/mol. The van der Waals surface area contributed by atoms with E-state index in [9.17, 15) is 0 Å². The number of hydrogen-bond donors (Lipinski definition) is 1. The molecule has 1 heterocycles. The summed E-state index contributed by atoms with van der Waals surface area (Å²) < 4.78 is 8.89. The maximum Gasteiger partial charge on any atom is 0.228 e. The molecule has 1 aromatic heterocycles. The number of methoxy groups -OCH3 is 1. The number of hydrogen-bond acceptors (Lipinski definition) is 4. The Morgan fingerprint density at radius 2 is 2.60 bits per heavy atom. The lowest BCUT2D eigenvalue weighted by Crippen LogP contribution is -1.92. The van der Waals surface area contributed by atoms with Crippen LogP contribution in [-0.2, 0) is 6.42 Å². The van der Waals surface area contributed by atoms with E-state index in [4.69, 9.17) is 9.84 Å². The van der Waals surface area contributed by atoms with Gasteiger partial charge in [0.1, 0.15) is 0 Å². The first-order valence-electron chi connectivity index (χ1n) is 2.96. The first kappa shape index (κ1) is 7.50. The highest BCUT2D eigenvalue weighted by Gasteiger charge is 2.03. The van der Waals surface area contributed by atoms with E-state index in [2.05, 4.69) is 4.37 Å². The predicted octanol–water partition coefficient (Wildman–Crippen LogP) is 0.686. The maximum absolute atomic E-state index is 8.58. The van der Waals surface area contributed by atoms with Gasteiger partial charge in [0.25, 0.3) is 0 Å². The molecule has 0 bridgehead atoms. The van der Waals surface area contributed by atoms with Gasteiger partial charge < -0.3 is 9.84 Å². The summed E-state index contributed by atoms with van der Waals surface area (Å²) in [6.07, 6.45) is 0.625. The van der Waals surface area contributed by atoms with Crippen LogP contribution < -0.4 is 4.74 Å². The van der Waals surface area contributed by atoms with Crippen molar-refractivity contribution in [1.82, 2.24) is 4.37 Å². The van der Waals surface area contributed by atoms with Crippen LogP contribution >= 0.6 is 11.5 Å². The van der Waals surface area contributed by atoms with Crippen molar-refractivity contribution in [2.45, 2.75) is 6.42 Å². The Kier molecular flexibility index (Phi) is 2.65. The Balaban J connectivity index is 2.70. The van der Waals surface area contributed by atoms with Crippen LogP contribution in [0.25, 0.3) is 0 Å². The molecule has 0 unspecified atom stereocenters. The zero-order chi connectivity index (χ0) is 7.40. The van der Waals surface area contributed by atoms with Gasteiger partial charge in [-0.2, -0.15) is 4.37 Å². The van der Waals surface area contributed by atoms with E-state index in [0.717, 1.165) is 5.56 Å². The number of aliphatic hydroxyl groups is 1. The molecule has 1 N–H and O–H groups in total. The summed E-state index contributed by atoms with van der Waals surface area (Å²) in [5.41, 5.74) is 0.981. The van der Waals surface area contributed by atoms with Gasteiger partial charge in [0, 0.05) is 24.0 Å². The summed E-state index contributed by atoms with van der Waals surface area (Å²) in [5.74, 6) is 0.638. The molecule has 56 valence electrons. The molecule has 0 aromatic carbocycles. The van der Waals surface area contributed by atoms with Crippen LogP contribution in [0.2, 0.25) is 0 Å². The summed E-state index contributed by atoms with van der Waals surface area (Å²) in [5, 5.41) is 10.5. The van der Waals surface area contributed by atoms with Gasteiger partial charge in [-0.3, -0.25) is 0 Å². The second-order valence-electron chi connectivity index (χ2n) is 1.82. The quantitative estimate of drug-likeness (QED) is 0.705. The van der Waals surface area contributed by atoms with E-state index in [1.54, 1.807) is 7.11 Å². The number of ether oxygens (including phenoxy) is 1. The summed E-state index contributed by atoms with van der Waals surface area (Å²) in [6, 6.07) is 0. The summed E-state index contributed by atoms with van der Waals surface area (Å²) in [6.45, 7) is 0.148. The minimum absolute atomic E-state index is 0.148. The normalized spacial score (nSPS) is 9.80. The molecule has 3 nitrogen and oxygen atoms in total. The van der Waals surface area contributed by atoms with E-state index < -0.39 is 0 Å². The fourth-order valence-electron chi connectivity index (χ4n) is 0.702. The van der Waals surface area contributed by atoms with Crippen molar-refractivity contribution < 1.29 is 9.84 Å². The van der Waals surface area contributed by atoms with Crippen LogP contribution in [0, 0.1) is 0 Å². The molecule has 0 fully saturated rings. The molecule has 4 heteroatoms. The third-order valence-corrected chi connectivity index (χ3v) is 1.84. The standard InChI is InChI=1S/C6H9NO2S/c1-9-6-5(2-3-8)4-10-7-6/h4,8H,2-3H2,1H3. The first-order valence-corrected chi connectivity index (χ1v) is 3.80. The fourth-order valence-corrected chi connectivity index (χ4v) is 1.39. The van der Waals surface area contributed by atoms with Crippen LogP contribution in [0.15, 0.2) is 5.38 Å². The minimum atomic E-state index is 0.148. The first-order chi connectivity index (χ1) is 4.88. The molecule has 0 spiro atoms. The molecule has 0 saturated heterocycles. The van der Waals surface area contributed by atoms with Crippen LogP contribution in [0.5, 0.6) is 5.88 Å². The molecule has 10 heavy (non-hydrogen) atoms. The average Bonchev–Trinajstić information content (AvgIpc) is 2.36. The lowest BCUT2D eigenvalue weighted by Gasteiger charge is -1.96. The molecule has 0 aliphatic heterocycles. The minimum Gasteiger partial charge on any atom is -0.480 e. The third-order valence-electron chi connectivity index (χ3n) is 1.18. The number of aliphatic hydroxyl groups excluding tert-OH is 1. The predicted molar refractivity (Wildman–Crippen MR) is 39.5 cm³/mol. The molecule has 0 saturated carbocycles. The molecule has 1 aromatic rings. The summed E-state index contributed by atoms with van der Waals surface area (Å²) in [7, 11) is 1.58. The number of aromatic nitrogens is 1. The van der Waals surface area contributed by atoms with Crippen molar-refractivity contribution in [3.8, 4) is 5.88 Å². The number of nitrogens with zero attached hydrogens (tertiary/aromatic N) is 1. The van der Waals surface area contributed by atoms with Crippen molar-refractivity contribution >= 4 is 11.5 Å². The highest BCUT2D eigenvalue weighted by Crippen LogP contribution is 2.18. The summed E-state index contributed by atoms with van der Waals surface area (Å²) in [4.78, 5) is 0.